The molecule has 0 saturated carbocycles. The molecule has 0 aliphatic carbocycles. The van der Waals surface area contributed by atoms with Gasteiger partial charge in [-0.05, 0) is 64.8 Å². The summed E-state index contributed by atoms with van der Waals surface area (Å²) in [6, 6.07) is 4.50. The van der Waals surface area contributed by atoms with Crippen molar-refractivity contribution in [3.8, 4) is 0 Å². The quantitative estimate of drug-likeness (QED) is 0.889. The van der Waals surface area contributed by atoms with Gasteiger partial charge in [-0.25, -0.2) is 4.39 Å². The fraction of sp³-hybridized carbons (Fsp3) is 0.571. The van der Waals surface area contributed by atoms with Crippen molar-refractivity contribution >= 4 is 15.9 Å². The van der Waals surface area contributed by atoms with Crippen LogP contribution in [0.2, 0.25) is 0 Å². The van der Waals surface area contributed by atoms with Crippen LogP contribution < -0.4 is 5.32 Å². The highest BCUT2D eigenvalue weighted by Crippen LogP contribution is 2.28. The van der Waals surface area contributed by atoms with Gasteiger partial charge in [-0.15, -0.1) is 0 Å². The Morgan fingerprint density at radius 3 is 2.82 bits per heavy atom. The highest BCUT2D eigenvalue weighted by molar-refractivity contribution is 9.10. The van der Waals surface area contributed by atoms with Gasteiger partial charge in [-0.3, -0.25) is 0 Å². The van der Waals surface area contributed by atoms with Crippen molar-refractivity contribution in [2.24, 2.45) is 0 Å². The molecular formula is C14H19BrFN. The maximum atomic E-state index is 13.9. The molecule has 0 radical (unpaired) electrons. The van der Waals surface area contributed by atoms with Crippen molar-refractivity contribution in [3.63, 3.8) is 0 Å². The molecule has 1 aromatic rings. The van der Waals surface area contributed by atoms with E-state index < -0.39 is 0 Å². The first-order valence-electron chi connectivity index (χ1n) is 6.29. The number of rotatable bonds is 3. The molecule has 1 atom stereocenters. The molecule has 1 saturated heterocycles. The van der Waals surface area contributed by atoms with Gasteiger partial charge in [0.1, 0.15) is 5.82 Å². The summed E-state index contributed by atoms with van der Waals surface area (Å²) in [5, 5.41) is 3.48. The number of hydrogen-bond acceptors (Lipinski definition) is 1. The predicted octanol–water partition coefficient (Wildman–Crippen LogP) is 4.01. The molecule has 1 aliphatic heterocycles. The first-order valence-corrected chi connectivity index (χ1v) is 7.08. The zero-order valence-electron chi connectivity index (χ0n) is 10.4. The highest BCUT2D eigenvalue weighted by atomic mass is 79.9. The third kappa shape index (κ3) is 3.08. The molecule has 17 heavy (non-hydrogen) atoms. The molecule has 1 aliphatic rings. The Hall–Kier alpha value is -0.410. The zero-order valence-corrected chi connectivity index (χ0v) is 12.0. The standard InChI is InChI=1S/C14H19BrFN/c1-9(2)12-7-10(8-13(15)14(12)16)6-11-4-3-5-17-11/h7-9,11,17H,3-6H2,1-2H3. The second kappa shape index (κ2) is 5.49. The second-order valence-electron chi connectivity index (χ2n) is 5.13. The van der Waals surface area contributed by atoms with Crippen molar-refractivity contribution < 1.29 is 4.39 Å². The van der Waals surface area contributed by atoms with Crippen molar-refractivity contribution in [2.45, 2.75) is 45.1 Å². The summed E-state index contributed by atoms with van der Waals surface area (Å²) in [5.41, 5.74) is 2.04. The van der Waals surface area contributed by atoms with Gasteiger partial charge in [0.25, 0.3) is 0 Å². The summed E-state index contributed by atoms with van der Waals surface area (Å²) in [6.07, 6.45) is 3.48. The third-order valence-electron chi connectivity index (χ3n) is 3.38. The predicted molar refractivity (Wildman–Crippen MR) is 72.9 cm³/mol. The molecule has 1 N–H and O–H groups in total. The lowest BCUT2D eigenvalue weighted by molar-refractivity contribution is 0.581. The first kappa shape index (κ1) is 13.0. The molecule has 1 heterocycles. The van der Waals surface area contributed by atoms with Gasteiger partial charge in [0, 0.05) is 6.04 Å². The van der Waals surface area contributed by atoms with E-state index in [0.29, 0.717) is 10.5 Å². The van der Waals surface area contributed by atoms with E-state index in [4.69, 9.17) is 0 Å². The number of benzene rings is 1. The van der Waals surface area contributed by atoms with E-state index in [1.807, 2.05) is 26.0 Å². The number of hydrogen-bond donors (Lipinski definition) is 1. The Morgan fingerprint density at radius 2 is 2.24 bits per heavy atom. The van der Waals surface area contributed by atoms with Gasteiger partial charge in [0.2, 0.25) is 0 Å². The van der Waals surface area contributed by atoms with Crippen LogP contribution in [0, 0.1) is 5.82 Å². The Labute approximate surface area is 111 Å². The van der Waals surface area contributed by atoms with Crippen LogP contribution in [-0.4, -0.2) is 12.6 Å². The second-order valence-corrected chi connectivity index (χ2v) is 5.99. The zero-order chi connectivity index (χ0) is 12.4. The SMILES string of the molecule is CC(C)c1cc(CC2CCCN2)cc(Br)c1F. The van der Waals surface area contributed by atoms with Crippen molar-refractivity contribution in [3.05, 3.63) is 33.5 Å². The van der Waals surface area contributed by atoms with Crippen molar-refractivity contribution in [2.75, 3.05) is 6.54 Å². The number of halogens is 2. The van der Waals surface area contributed by atoms with Gasteiger partial charge in [-0.1, -0.05) is 19.9 Å². The lowest BCUT2D eigenvalue weighted by Crippen LogP contribution is -2.23. The summed E-state index contributed by atoms with van der Waals surface area (Å²) in [6.45, 7) is 5.18. The Morgan fingerprint density at radius 1 is 1.47 bits per heavy atom. The Bertz CT molecular complexity index is 397. The molecule has 3 heteroatoms. The minimum absolute atomic E-state index is 0.108. The molecule has 0 aromatic heterocycles. The van der Waals surface area contributed by atoms with Crippen LogP contribution in [0.25, 0.3) is 0 Å². The van der Waals surface area contributed by atoms with E-state index >= 15 is 0 Å². The van der Waals surface area contributed by atoms with Crippen LogP contribution in [0.4, 0.5) is 4.39 Å². The lowest BCUT2D eigenvalue weighted by Gasteiger charge is -2.14. The van der Waals surface area contributed by atoms with Crippen LogP contribution in [0.15, 0.2) is 16.6 Å². The fourth-order valence-electron chi connectivity index (χ4n) is 2.42. The summed E-state index contributed by atoms with van der Waals surface area (Å²) >= 11 is 3.32. The van der Waals surface area contributed by atoms with Gasteiger partial charge < -0.3 is 5.32 Å². The van der Waals surface area contributed by atoms with Crippen LogP contribution in [0.1, 0.15) is 43.7 Å². The Kier molecular flexibility index (Phi) is 4.21. The van der Waals surface area contributed by atoms with E-state index in [9.17, 15) is 4.39 Å². The summed E-state index contributed by atoms with van der Waals surface area (Å²) in [4.78, 5) is 0. The van der Waals surface area contributed by atoms with Crippen LogP contribution in [0.5, 0.6) is 0 Å². The normalized spacial score (nSPS) is 20.2. The molecular weight excluding hydrogens is 281 g/mol. The van der Waals surface area contributed by atoms with E-state index in [1.54, 1.807) is 0 Å². The molecule has 1 unspecified atom stereocenters. The van der Waals surface area contributed by atoms with Crippen LogP contribution in [-0.2, 0) is 6.42 Å². The molecule has 2 rings (SSSR count). The maximum absolute atomic E-state index is 13.9. The van der Waals surface area contributed by atoms with E-state index in [1.165, 1.54) is 18.4 Å². The topological polar surface area (TPSA) is 12.0 Å². The molecule has 0 amide bonds. The molecule has 0 spiro atoms. The van der Waals surface area contributed by atoms with E-state index in [0.717, 1.165) is 18.5 Å². The molecule has 0 bridgehead atoms. The maximum Gasteiger partial charge on any atom is 0.140 e. The average molecular weight is 300 g/mol. The Balaban J connectivity index is 2.22. The minimum Gasteiger partial charge on any atom is -0.314 e. The van der Waals surface area contributed by atoms with Gasteiger partial charge in [0.05, 0.1) is 4.47 Å². The van der Waals surface area contributed by atoms with Gasteiger partial charge in [0.15, 0.2) is 0 Å². The van der Waals surface area contributed by atoms with E-state index in [-0.39, 0.29) is 11.7 Å². The van der Waals surface area contributed by atoms with Crippen molar-refractivity contribution in [1.82, 2.24) is 5.32 Å². The monoisotopic (exact) mass is 299 g/mol. The third-order valence-corrected chi connectivity index (χ3v) is 3.96. The highest BCUT2D eigenvalue weighted by Gasteiger charge is 2.17. The van der Waals surface area contributed by atoms with Crippen LogP contribution in [0.3, 0.4) is 0 Å². The summed E-state index contributed by atoms with van der Waals surface area (Å²) in [5.74, 6) is 0.117. The molecule has 1 nitrogen and oxygen atoms in total. The largest absolute Gasteiger partial charge is 0.314 e. The minimum atomic E-state index is -0.108. The lowest BCUT2D eigenvalue weighted by atomic mass is 9.97. The molecule has 1 fully saturated rings. The van der Waals surface area contributed by atoms with Crippen LogP contribution >= 0.6 is 15.9 Å². The first-order chi connectivity index (χ1) is 8.08. The summed E-state index contributed by atoms with van der Waals surface area (Å²) in [7, 11) is 0. The van der Waals surface area contributed by atoms with E-state index in [2.05, 4.69) is 21.2 Å². The van der Waals surface area contributed by atoms with Gasteiger partial charge >= 0.3 is 0 Å². The van der Waals surface area contributed by atoms with Crippen molar-refractivity contribution in [1.29, 1.82) is 0 Å². The average Bonchev–Trinajstić information content (AvgIpc) is 2.75. The number of nitrogens with one attached hydrogen (secondary N) is 1. The molecule has 1 aromatic carbocycles. The van der Waals surface area contributed by atoms with Gasteiger partial charge in [-0.2, -0.15) is 0 Å². The summed E-state index contributed by atoms with van der Waals surface area (Å²) < 4.78 is 14.5. The fourth-order valence-corrected chi connectivity index (χ4v) is 2.95. The smallest absolute Gasteiger partial charge is 0.140 e. The molecule has 94 valence electrons.